The predicted octanol–water partition coefficient (Wildman–Crippen LogP) is 1.02. The highest BCUT2D eigenvalue weighted by atomic mass is 32.2. The molecule has 3 heteroatoms. The highest BCUT2D eigenvalue weighted by Gasteiger charge is 2.15. The molecule has 0 unspecified atom stereocenters. The number of nitrogens with zero attached hydrogens (tertiary/aromatic N) is 1. The van der Waals surface area contributed by atoms with Gasteiger partial charge in [-0.2, -0.15) is 11.8 Å². The lowest BCUT2D eigenvalue weighted by atomic mass is 10.1. The molecule has 0 aliphatic carbocycles. The molecule has 1 fully saturated rings. The molecule has 72 valence electrons. The molecule has 1 heterocycles. The van der Waals surface area contributed by atoms with Gasteiger partial charge in [-0.15, -0.1) is 0 Å². The van der Waals surface area contributed by atoms with Crippen LogP contribution in [0.3, 0.4) is 0 Å². The Morgan fingerprint density at radius 3 is 2.42 bits per heavy atom. The van der Waals surface area contributed by atoms with E-state index in [2.05, 4.69) is 30.5 Å². The van der Waals surface area contributed by atoms with Gasteiger partial charge >= 0.3 is 0 Å². The fourth-order valence-corrected chi connectivity index (χ4v) is 2.27. The molecular weight excluding hydrogens is 168 g/mol. The summed E-state index contributed by atoms with van der Waals surface area (Å²) in [6.07, 6.45) is 0. The van der Waals surface area contributed by atoms with Crippen molar-refractivity contribution in [1.29, 1.82) is 0 Å². The van der Waals surface area contributed by atoms with Gasteiger partial charge in [-0.25, -0.2) is 0 Å². The molecule has 0 bridgehead atoms. The zero-order valence-corrected chi connectivity index (χ0v) is 8.94. The maximum Gasteiger partial charge on any atom is 0.0191 e. The minimum absolute atomic E-state index is 0.355. The van der Waals surface area contributed by atoms with Crippen molar-refractivity contribution in [3.05, 3.63) is 0 Å². The normalized spacial score (nSPS) is 23.0. The van der Waals surface area contributed by atoms with Gasteiger partial charge in [0.2, 0.25) is 0 Å². The molecule has 0 spiro atoms. The van der Waals surface area contributed by atoms with Crippen LogP contribution in [0.4, 0.5) is 0 Å². The summed E-state index contributed by atoms with van der Waals surface area (Å²) in [4.78, 5) is 2.49. The van der Waals surface area contributed by atoms with Gasteiger partial charge in [-0.1, -0.05) is 13.8 Å². The first kappa shape index (κ1) is 10.4. The van der Waals surface area contributed by atoms with Crippen LogP contribution in [-0.2, 0) is 0 Å². The van der Waals surface area contributed by atoms with E-state index in [9.17, 15) is 0 Å². The van der Waals surface area contributed by atoms with Crippen LogP contribution in [0.5, 0.6) is 0 Å². The van der Waals surface area contributed by atoms with E-state index < -0.39 is 0 Å². The second-order valence-electron chi connectivity index (χ2n) is 3.82. The van der Waals surface area contributed by atoms with Crippen molar-refractivity contribution < 1.29 is 0 Å². The first-order chi connectivity index (χ1) is 5.70. The van der Waals surface area contributed by atoms with E-state index >= 15 is 0 Å². The largest absolute Gasteiger partial charge is 0.326 e. The van der Waals surface area contributed by atoms with Crippen LogP contribution in [-0.4, -0.2) is 42.1 Å². The van der Waals surface area contributed by atoms with Crippen LogP contribution >= 0.6 is 11.8 Å². The van der Waals surface area contributed by atoms with Crippen molar-refractivity contribution >= 4 is 11.8 Å². The zero-order valence-electron chi connectivity index (χ0n) is 8.12. The number of nitrogens with two attached hydrogens (primary N) is 1. The monoisotopic (exact) mass is 188 g/mol. The molecule has 0 saturated carbocycles. The molecular formula is C9H20N2S. The summed E-state index contributed by atoms with van der Waals surface area (Å²) in [6.45, 7) is 7.93. The van der Waals surface area contributed by atoms with Crippen LogP contribution in [0.15, 0.2) is 0 Å². The second kappa shape index (κ2) is 5.10. The van der Waals surface area contributed by atoms with Crippen LogP contribution in [0, 0.1) is 5.92 Å². The Morgan fingerprint density at radius 1 is 1.33 bits per heavy atom. The fraction of sp³-hybridized carbons (Fsp3) is 1.00. The molecule has 0 aromatic carbocycles. The molecule has 0 aromatic rings. The van der Waals surface area contributed by atoms with E-state index in [4.69, 9.17) is 5.73 Å². The lowest BCUT2D eigenvalue weighted by Gasteiger charge is -2.29. The van der Waals surface area contributed by atoms with Crippen molar-refractivity contribution in [2.75, 3.05) is 31.1 Å². The van der Waals surface area contributed by atoms with Crippen molar-refractivity contribution in [2.45, 2.75) is 19.9 Å². The van der Waals surface area contributed by atoms with Crippen molar-refractivity contribution in [3.63, 3.8) is 0 Å². The highest BCUT2D eigenvalue weighted by Crippen LogP contribution is 2.10. The molecule has 1 aliphatic heterocycles. The number of hydrogen-bond donors (Lipinski definition) is 1. The maximum atomic E-state index is 6.00. The summed E-state index contributed by atoms with van der Waals surface area (Å²) in [7, 11) is 0. The lowest BCUT2D eigenvalue weighted by molar-refractivity contribution is 0.259. The Kier molecular flexibility index (Phi) is 4.40. The molecule has 1 atom stereocenters. The quantitative estimate of drug-likeness (QED) is 0.717. The number of thioether (sulfide) groups is 1. The van der Waals surface area contributed by atoms with Crippen LogP contribution in [0.2, 0.25) is 0 Å². The Hall–Kier alpha value is 0.270. The van der Waals surface area contributed by atoms with E-state index in [-0.39, 0.29) is 0 Å². The van der Waals surface area contributed by atoms with Crippen molar-refractivity contribution in [3.8, 4) is 0 Å². The SMILES string of the molecule is CC(C)[C@H](N)CN1CCSCC1. The molecule has 1 aliphatic rings. The Labute approximate surface area is 79.9 Å². The maximum absolute atomic E-state index is 6.00. The van der Waals surface area contributed by atoms with E-state index in [1.165, 1.54) is 24.6 Å². The molecule has 0 radical (unpaired) electrons. The first-order valence-electron chi connectivity index (χ1n) is 4.76. The summed E-state index contributed by atoms with van der Waals surface area (Å²) in [5.41, 5.74) is 6.00. The topological polar surface area (TPSA) is 29.3 Å². The fourth-order valence-electron chi connectivity index (χ4n) is 1.29. The molecule has 2 nitrogen and oxygen atoms in total. The number of hydrogen-bond acceptors (Lipinski definition) is 3. The van der Waals surface area contributed by atoms with Crippen molar-refractivity contribution in [1.82, 2.24) is 4.90 Å². The third kappa shape index (κ3) is 3.33. The van der Waals surface area contributed by atoms with Crippen molar-refractivity contribution in [2.24, 2.45) is 11.7 Å². The van der Waals surface area contributed by atoms with Gasteiger partial charge in [0.25, 0.3) is 0 Å². The average molecular weight is 188 g/mol. The molecule has 12 heavy (non-hydrogen) atoms. The molecule has 0 aromatic heterocycles. The third-order valence-electron chi connectivity index (χ3n) is 2.43. The smallest absolute Gasteiger partial charge is 0.0191 e. The molecule has 0 amide bonds. The summed E-state index contributed by atoms with van der Waals surface area (Å²) in [6, 6.07) is 0.355. The zero-order chi connectivity index (χ0) is 8.97. The van der Waals surface area contributed by atoms with E-state index in [0.717, 1.165) is 6.54 Å². The average Bonchev–Trinajstić information content (AvgIpc) is 2.06. The molecule has 1 rings (SSSR count). The Balaban J connectivity index is 2.20. The summed E-state index contributed by atoms with van der Waals surface area (Å²) < 4.78 is 0. The number of rotatable bonds is 3. The summed E-state index contributed by atoms with van der Waals surface area (Å²) >= 11 is 2.05. The molecule has 1 saturated heterocycles. The van der Waals surface area contributed by atoms with Crippen LogP contribution in [0.25, 0.3) is 0 Å². The summed E-state index contributed by atoms with van der Waals surface area (Å²) in [5.74, 6) is 3.18. The van der Waals surface area contributed by atoms with E-state index in [0.29, 0.717) is 12.0 Å². The highest BCUT2D eigenvalue weighted by molar-refractivity contribution is 7.99. The Bertz CT molecular complexity index is 122. The van der Waals surface area contributed by atoms with Gasteiger partial charge in [-0.05, 0) is 5.92 Å². The lowest BCUT2D eigenvalue weighted by Crippen LogP contribution is -2.44. The minimum atomic E-state index is 0.355. The Morgan fingerprint density at radius 2 is 1.92 bits per heavy atom. The summed E-state index contributed by atoms with van der Waals surface area (Å²) in [5, 5.41) is 0. The van der Waals surface area contributed by atoms with E-state index in [1.807, 2.05) is 0 Å². The van der Waals surface area contributed by atoms with Crippen LogP contribution < -0.4 is 5.73 Å². The van der Waals surface area contributed by atoms with E-state index in [1.54, 1.807) is 0 Å². The standard InChI is InChI=1S/C9H20N2S/c1-8(2)9(10)7-11-3-5-12-6-4-11/h8-9H,3-7,10H2,1-2H3/t9-/m1/s1. The third-order valence-corrected chi connectivity index (χ3v) is 3.37. The van der Waals surface area contributed by atoms with Gasteiger partial charge in [-0.3, -0.25) is 0 Å². The second-order valence-corrected chi connectivity index (χ2v) is 5.05. The minimum Gasteiger partial charge on any atom is -0.326 e. The van der Waals surface area contributed by atoms with Gasteiger partial charge in [0.05, 0.1) is 0 Å². The first-order valence-corrected chi connectivity index (χ1v) is 5.91. The van der Waals surface area contributed by atoms with Gasteiger partial charge in [0.1, 0.15) is 0 Å². The van der Waals surface area contributed by atoms with Gasteiger partial charge in [0.15, 0.2) is 0 Å². The van der Waals surface area contributed by atoms with Crippen LogP contribution in [0.1, 0.15) is 13.8 Å². The predicted molar refractivity (Wildman–Crippen MR) is 56.6 cm³/mol. The molecule has 2 N–H and O–H groups in total. The van der Waals surface area contributed by atoms with Gasteiger partial charge in [0, 0.05) is 37.2 Å². The van der Waals surface area contributed by atoms with Gasteiger partial charge < -0.3 is 10.6 Å².